The maximum absolute atomic E-state index is 12.0. The third kappa shape index (κ3) is 4.01. The standard InChI is InChI=1S/C17H23N3O3/c1-11(19-17(22)18-10-14-3-2-8-23-14)12-4-6-15-13(9-12)5-7-16(21)20-15/h4,6,9,11,14H,2-3,5,7-8,10H2,1H3,(H,20,21)(H2,18,19,22)/t11-,14-/m0/s1. The molecule has 1 aromatic rings. The van der Waals surface area contributed by atoms with Crippen molar-refractivity contribution >= 4 is 17.6 Å². The van der Waals surface area contributed by atoms with Crippen LogP contribution < -0.4 is 16.0 Å². The van der Waals surface area contributed by atoms with E-state index in [0.717, 1.165) is 42.7 Å². The number of fused-ring (bicyclic) bond motifs is 1. The Bertz CT molecular complexity index is 597. The van der Waals surface area contributed by atoms with Gasteiger partial charge in [-0.05, 0) is 43.4 Å². The Labute approximate surface area is 136 Å². The molecule has 3 rings (SSSR count). The summed E-state index contributed by atoms with van der Waals surface area (Å²) in [5.41, 5.74) is 3.03. The smallest absolute Gasteiger partial charge is 0.315 e. The second-order valence-electron chi connectivity index (χ2n) is 6.18. The van der Waals surface area contributed by atoms with Gasteiger partial charge in [-0.25, -0.2) is 4.79 Å². The Morgan fingerprint density at radius 2 is 2.30 bits per heavy atom. The lowest BCUT2D eigenvalue weighted by Gasteiger charge is -2.21. The van der Waals surface area contributed by atoms with E-state index in [1.165, 1.54) is 0 Å². The number of urea groups is 1. The fourth-order valence-electron chi connectivity index (χ4n) is 3.02. The number of hydrogen-bond acceptors (Lipinski definition) is 3. The van der Waals surface area contributed by atoms with Gasteiger partial charge in [-0.1, -0.05) is 12.1 Å². The zero-order chi connectivity index (χ0) is 16.2. The highest BCUT2D eigenvalue weighted by atomic mass is 16.5. The van der Waals surface area contributed by atoms with Gasteiger partial charge in [0.15, 0.2) is 0 Å². The molecule has 2 aliphatic heterocycles. The van der Waals surface area contributed by atoms with E-state index < -0.39 is 0 Å². The van der Waals surface area contributed by atoms with Crippen LogP contribution in [0.4, 0.5) is 10.5 Å². The second-order valence-corrected chi connectivity index (χ2v) is 6.18. The van der Waals surface area contributed by atoms with Gasteiger partial charge in [0.05, 0.1) is 12.1 Å². The first-order valence-corrected chi connectivity index (χ1v) is 8.20. The first-order chi connectivity index (χ1) is 11.1. The lowest BCUT2D eigenvalue weighted by Crippen LogP contribution is -2.40. The van der Waals surface area contributed by atoms with E-state index in [-0.39, 0.29) is 24.1 Å². The fourth-order valence-corrected chi connectivity index (χ4v) is 3.02. The summed E-state index contributed by atoms with van der Waals surface area (Å²) < 4.78 is 5.49. The molecule has 6 heteroatoms. The monoisotopic (exact) mass is 317 g/mol. The second kappa shape index (κ2) is 7.00. The van der Waals surface area contributed by atoms with Crippen LogP contribution in [0.1, 0.15) is 43.4 Å². The summed E-state index contributed by atoms with van der Waals surface area (Å²) in [7, 11) is 0. The summed E-state index contributed by atoms with van der Waals surface area (Å²) in [6.45, 7) is 3.29. The molecule has 0 aromatic heterocycles. The Hall–Kier alpha value is -2.08. The molecule has 0 bridgehead atoms. The molecule has 6 nitrogen and oxygen atoms in total. The highest BCUT2D eigenvalue weighted by molar-refractivity contribution is 5.93. The van der Waals surface area contributed by atoms with E-state index in [1.54, 1.807) is 0 Å². The predicted octanol–water partition coefficient (Wildman–Crippen LogP) is 2.11. The summed E-state index contributed by atoms with van der Waals surface area (Å²) in [6.07, 6.45) is 3.47. The lowest BCUT2D eigenvalue weighted by molar-refractivity contribution is -0.116. The SMILES string of the molecule is C[C@H](NC(=O)NC[C@@H]1CCCO1)c1ccc2c(c1)CCC(=O)N2. The summed E-state index contributed by atoms with van der Waals surface area (Å²) in [4.78, 5) is 23.4. The predicted molar refractivity (Wildman–Crippen MR) is 87.3 cm³/mol. The van der Waals surface area contributed by atoms with Gasteiger partial charge in [-0.2, -0.15) is 0 Å². The van der Waals surface area contributed by atoms with Crippen molar-refractivity contribution in [2.24, 2.45) is 0 Å². The van der Waals surface area contributed by atoms with Gasteiger partial charge in [-0.15, -0.1) is 0 Å². The van der Waals surface area contributed by atoms with Crippen molar-refractivity contribution in [2.45, 2.75) is 44.8 Å². The number of aryl methyl sites for hydroxylation is 1. The van der Waals surface area contributed by atoms with Crippen molar-refractivity contribution in [3.8, 4) is 0 Å². The molecule has 1 saturated heterocycles. The number of carbonyl (C=O) groups excluding carboxylic acids is 2. The number of benzene rings is 1. The first-order valence-electron chi connectivity index (χ1n) is 8.20. The van der Waals surface area contributed by atoms with Crippen LogP contribution in [0.25, 0.3) is 0 Å². The van der Waals surface area contributed by atoms with Gasteiger partial charge >= 0.3 is 6.03 Å². The zero-order valence-electron chi connectivity index (χ0n) is 13.4. The summed E-state index contributed by atoms with van der Waals surface area (Å²) >= 11 is 0. The molecule has 1 aromatic carbocycles. The van der Waals surface area contributed by atoms with Crippen LogP contribution in [0, 0.1) is 0 Å². The van der Waals surface area contributed by atoms with E-state index in [1.807, 2.05) is 19.1 Å². The molecule has 0 unspecified atom stereocenters. The number of anilines is 1. The van der Waals surface area contributed by atoms with Crippen LogP contribution in [0.5, 0.6) is 0 Å². The van der Waals surface area contributed by atoms with Crippen molar-refractivity contribution in [1.82, 2.24) is 10.6 Å². The number of nitrogens with one attached hydrogen (secondary N) is 3. The third-order valence-corrected chi connectivity index (χ3v) is 4.39. The number of hydrogen-bond donors (Lipinski definition) is 3. The number of rotatable bonds is 4. The average Bonchev–Trinajstić information content (AvgIpc) is 3.05. The van der Waals surface area contributed by atoms with E-state index in [4.69, 9.17) is 4.74 Å². The molecule has 0 aliphatic carbocycles. The normalized spacial score (nSPS) is 21.3. The van der Waals surface area contributed by atoms with Crippen LogP contribution in [0.2, 0.25) is 0 Å². The zero-order valence-corrected chi connectivity index (χ0v) is 13.4. The van der Waals surface area contributed by atoms with Gasteiger partial charge in [0.1, 0.15) is 0 Å². The number of amides is 3. The van der Waals surface area contributed by atoms with E-state index in [2.05, 4.69) is 22.0 Å². The molecule has 1 fully saturated rings. The number of carbonyl (C=O) groups is 2. The van der Waals surface area contributed by atoms with Gasteiger partial charge in [-0.3, -0.25) is 4.79 Å². The summed E-state index contributed by atoms with van der Waals surface area (Å²) in [6, 6.07) is 5.63. The minimum absolute atomic E-state index is 0.0601. The Kier molecular flexibility index (Phi) is 4.81. The van der Waals surface area contributed by atoms with E-state index in [9.17, 15) is 9.59 Å². The van der Waals surface area contributed by atoms with Gasteiger partial charge in [0.2, 0.25) is 5.91 Å². The van der Waals surface area contributed by atoms with Gasteiger partial charge < -0.3 is 20.7 Å². The van der Waals surface area contributed by atoms with Gasteiger partial charge in [0.25, 0.3) is 0 Å². The molecule has 3 amide bonds. The van der Waals surface area contributed by atoms with Crippen molar-refractivity contribution in [3.05, 3.63) is 29.3 Å². The molecule has 23 heavy (non-hydrogen) atoms. The van der Waals surface area contributed by atoms with Crippen molar-refractivity contribution in [1.29, 1.82) is 0 Å². The molecule has 2 atom stereocenters. The van der Waals surface area contributed by atoms with Crippen molar-refractivity contribution in [2.75, 3.05) is 18.5 Å². The van der Waals surface area contributed by atoms with Crippen LogP contribution in [-0.4, -0.2) is 31.2 Å². The Morgan fingerprint density at radius 3 is 3.09 bits per heavy atom. The largest absolute Gasteiger partial charge is 0.376 e. The van der Waals surface area contributed by atoms with Crippen LogP contribution in [0.3, 0.4) is 0 Å². The van der Waals surface area contributed by atoms with E-state index in [0.29, 0.717) is 13.0 Å². The molecule has 124 valence electrons. The molecule has 0 radical (unpaired) electrons. The Morgan fingerprint density at radius 1 is 1.43 bits per heavy atom. The number of ether oxygens (including phenoxy) is 1. The average molecular weight is 317 g/mol. The third-order valence-electron chi connectivity index (χ3n) is 4.39. The summed E-state index contributed by atoms with van der Waals surface area (Å²) in [5, 5.41) is 8.67. The van der Waals surface area contributed by atoms with Gasteiger partial charge in [0, 0.05) is 25.3 Å². The molecular weight excluding hydrogens is 294 g/mol. The molecular formula is C17H23N3O3. The topological polar surface area (TPSA) is 79.5 Å². The summed E-state index contributed by atoms with van der Waals surface area (Å²) in [5.74, 6) is 0.0601. The maximum atomic E-state index is 12.0. The Balaban J connectivity index is 1.54. The van der Waals surface area contributed by atoms with Crippen molar-refractivity contribution < 1.29 is 14.3 Å². The molecule has 2 heterocycles. The maximum Gasteiger partial charge on any atom is 0.315 e. The van der Waals surface area contributed by atoms with E-state index >= 15 is 0 Å². The molecule has 3 N–H and O–H groups in total. The molecule has 2 aliphatic rings. The van der Waals surface area contributed by atoms with Crippen LogP contribution in [0.15, 0.2) is 18.2 Å². The minimum atomic E-state index is -0.181. The highest BCUT2D eigenvalue weighted by Gasteiger charge is 2.19. The van der Waals surface area contributed by atoms with Crippen molar-refractivity contribution in [3.63, 3.8) is 0 Å². The van der Waals surface area contributed by atoms with Crippen LogP contribution in [-0.2, 0) is 16.0 Å². The highest BCUT2D eigenvalue weighted by Crippen LogP contribution is 2.26. The van der Waals surface area contributed by atoms with Crippen LogP contribution >= 0.6 is 0 Å². The lowest BCUT2D eigenvalue weighted by atomic mass is 9.98. The quantitative estimate of drug-likeness (QED) is 0.796. The fraction of sp³-hybridized carbons (Fsp3) is 0.529. The molecule has 0 spiro atoms. The minimum Gasteiger partial charge on any atom is -0.376 e. The first kappa shape index (κ1) is 15.8. The molecule has 0 saturated carbocycles.